The number of hydrogen-bond donors (Lipinski definition) is 4. The zero-order chi connectivity index (χ0) is 11.0. The highest BCUT2D eigenvalue weighted by Crippen LogP contribution is 1.97. The van der Waals surface area contributed by atoms with E-state index in [4.69, 9.17) is 16.6 Å². The van der Waals surface area contributed by atoms with Crippen LogP contribution in [0.5, 0.6) is 0 Å². The zero-order valence-electron chi connectivity index (χ0n) is 8.36. The van der Waals surface area contributed by atoms with E-state index in [1.165, 1.54) is 0 Å². The third-order valence-electron chi connectivity index (χ3n) is 1.81. The number of aliphatic imine (C=N–C) groups is 1. The van der Waals surface area contributed by atoms with Crippen molar-refractivity contribution >= 4 is 11.9 Å². The highest BCUT2D eigenvalue weighted by Gasteiger charge is 2.09. The molecule has 0 aliphatic heterocycles. The van der Waals surface area contributed by atoms with Crippen LogP contribution < -0.4 is 16.8 Å². The van der Waals surface area contributed by atoms with Crippen LogP contribution in [0.1, 0.15) is 19.3 Å². The van der Waals surface area contributed by atoms with Crippen LogP contribution in [0.15, 0.2) is 4.99 Å². The van der Waals surface area contributed by atoms with Crippen molar-refractivity contribution in [3.63, 3.8) is 0 Å². The molecular weight excluding hydrogens is 184 g/mol. The van der Waals surface area contributed by atoms with E-state index in [2.05, 4.69) is 10.3 Å². The number of nitrogens with zero attached hydrogens (tertiary/aromatic N) is 1. The Morgan fingerprint density at radius 2 is 2.21 bits per heavy atom. The summed E-state index contributed by atoms with van der Waals surface area (Å²) in [6, 6.07) is -0.757. The predicted molar refractivity (Wildman–Crippen MR) is 55.0 cm³/mol. The summed E-state index contributed by atoms with van der Waals surface area (Å²) in [5.74, 6) is -0.555. The van der Waals surface area contributed by atoms with Crippen molar-refractivity contribution in [2.75, 3.05) is 13.6 Å². The molecule has 14 heavy (non-hydrogen) atoms. The van der Waals surface area contributed by atoms with E-state index in [9.17, 15) is 4.79 Å². The molecule has 0 radical (unpaired) electrons. The molecule has 0 aromatic carbocycles. The summed E-state index contributed by atoms with van der Waals surface area (Å²) in [5, 5.41) is 11.4. The summed E-state index contributed by atoms with van der Waals surface area (Å²) in [7, 11) is 1.60. The smallest absolute Gasteiger partial charge is 0.320 e. The minimum absolute atomic E-state index is 0.396. The van der Waals surface area contributed by atoms with E-state index in [1.807, 2.05) is 0 Å². The highest BCUT2D eigenvalue weighted by molar-refractivity contribution is 5.77. The van der Waals surface area contributed by atoms with Gasteiger partial charge in [-0.1, -0.05) is 0 Å². The summed E-state index contributed by atoms with van der Waals surface area (Å²) >= 11 is 0. The number of guanidine groups is 1. The first-order chi connectivity index (χ1) is 6.57. The van der Waals surface area contributed by atoms with E-state index in [0.717, 1.165) is 12.8 Å². The zero-order valence-corrected chi connectivity index (χ0v) is 8.36. The molecule has 6 nitrogen and oxygen atoms in total. The molecule has 0 heterocycles. The number of aliphatic carboxylic acids is 1. The Balaban J connectivity index is 3.34. The van der Waals surface area contributed by atoms with E-state index in [1.54, 1.807) is 7.05 Å². The van der Waals surface area contributed by atoms with E-state index in [0.29, 0.717) is 18.9 Å². The minimum Gasteiger partial charge on any atom is -0.480 e. The summed E-state index contributed by atoms with van der Waals surface area (Å²) in [5.41, 5.74) is 10.7. The maximum absolute atomic E-state index is 10.3. The Labute approximate surface area is 83.4 Å². The van der Waals surface area contributed by atoms with Gasteiger partial charge in [-0.2, -0.15) is 0 Å². The molecule has 0 unspecified atom stereocenters. The van der Waals surface area contributed by atoms with Gasteiger partial charge in [-0.25, -0.2) is 0 Å². The van der Waals surface area contributed by atoms with Gasteiger partial charge in [0.1, 0.15) is 6.04 Å². The van der Waals surface area contributed by atoms with Gasteiger partial charge in [0.05, 0.1) is 0 Å². The molecule has 0 aliphatic carbocycles. The normalized spacial score (nSPS) is 13.7. The number of carboxylic acid groups (broad SMARTS) is 1. The molecule has 0 aromatic rings. The maximum atomic E-state index is 10.3. The standard InChI is InChI=1S/C8H18N4O2/c1-11-8(10)12-5-3-2-4-6(9)7(13)14/h6H,2-5,9H2,1H3,(H,13,14)(H3,10,11,12)/t6-/m1/s1. The van der Waals surface area contributed by atoms with Gasteiger partial charge in [0.15, 0.2) is 5.96 Å². The third kappa shape index (κ3) is 6.24. The van der Waals surface area contributed by atoms with Crippen molar-refractivity contribution < 1.29 is 9.90 Å². The van der Waals surface area contributed by atoms with Crippen molar-refractivity contribution in [3.8, 4) is 0 Å². The summed E-state index contributed by atoms with van der Waals surface area (Å²) in [6.07, 6.45) is 2.08. The lowest BCUT2D eigenvalue weighted by Crippen LogP contribution is -2.33. The average Bonchev–Trinajstić information content (AvgIpc) is 2.16. The van der Waals surface area contributed by atoms with Crippen LogP contribution >= 0.6 is 0 Å². The van der Waals surface area contributed by atoms with Gasteiger partial charge >= 0.3 is 5.97 Å². The van der Waals surface area contributed by atoms with Gasteiger partial charge in [0.25, 0.3) is 0 Å². The average molecular weight is 202 g/mol. The van der Waals surface area contributed by atoms with Gasteiger partial charge in [-0.3, -0.25) is 9.79 Å². The van der Waals surface area contributed by atoms with Crippen molar-refractivity contribution in [2.45, 2.75) is 25.3 Å². The molecule has 1 atom stereocenters. The van der Waals surface area contributed by atoms with Crippen LogP contribution in [-0.2, 0) is 4.79 Å². The van der Waals surface area contributed by atoms with E-state index in [-0.39, 0.29) is 0 Å². The predicted octanol–water partition coefficient (Wildman–Crippen LogP) is -0.897. The van der Waals surface area contributed by atoms with Crippen molar-refractivity contribution in [2.24, 2.45) is 16.5 Å². The first-order valence-electron chi connectivity index (χ1n) is 4.52. The molecule has 0 aromatic heterocycles. The monoisotopic (exact) mass is 202 g/mol. The second-order valence-corrected chi connectivity index (χ2v) is 2.98. The van der Waals surface area contributed by atoms with Crippen LogP contribution in [0.2, 0.25) is 0 Å². The SMILES string of the molecule is CN=C(N)NCCCC[C@@H](N)C(=O)O. The maximum Gasteiger partial charge on any atom is 0.320 e. The Morgan fingerprint density at radius 3 is 2.71 bits per heavy atom. The molecule has 0 bridgehead atoms. The van der Waals surface area contributed by atoms with Gasteiger partial charge < -0.3 is 21.9 Å². The van der Waals surface area contributed by atoms with Crippen molar-refractivity contribution in [1.82, 2.24) is 5.32 Å². The molecule has 0 amide bonds. The number of hydrogen-bond acceptors (Lipinski definition) is 3. The van der Waals surface area contributed by atoms with Crippen molar-refractivity contribution in [3.05, 3.63) is 0 Å². The summed E-state index contributed by atoms with van der Waals surface area (Å²) < 4.78 is 0. The molecule has 0 fully saturated rings. The quantitative estimate of drug-likeness (QED) is 0.253. The van der Waals surface area contributed by atoms with E-state index >= 15 is 0 Å². The topological polar surface area (TPSA) is 114 Å². The molecule has 6 heteroatoms. The fraction of sp³-hybridized carbons (Fsp3) is 0.750. The molecule has 0 saturated carbocycles. The third-order valence-corrected chi connectivity index (χ3v) is 1.81. The Hall–Kier alpha value is -1.30. The number of rotatable bonds is 6. The van der Waals surface area contributed by atoms with Gasteiger partial charge in [-0.15, -0.1) is 0 Å². The molecule has 0 rings (SSSR count). The number of unbranched alkanes of at least 4 members (excludes halogenated alkanes) is 1. The summed E-state index contributed by atoms with van der Waals surface area (Å²) in [6.45, 7) is 0.690. The Bertz CT molecular complexity index is 206. The largest absolute Gasteiger partial charge is 0.480 e. The summed E-state index contributed by atoms with van der Waals surface area (Å²) in [4.78, 5) is 14.1. The number of carboxylic acids is 1. The highest BCUT2D eigenvalue weighted by atomic mass is 16.4. The molecule has 6 N–H and O–H groups in total. The Kier molecular flexibility index (Phi) is 6.47. The number of carbonyl (C=O) groups is 1. The van der Waals surface area contributed by atoms with E-state index < -0.39 is 12.0 Å². The van der Waals surface area contributed by atoms with Gasteiger partial charge in [-0.05, 0) is 19.3 Å². The van der Waals surface area contributed by atoms with Gasteiger partial charge in [0.2, 0.25) is 0 Å². The number of nitrogens with one attached hydrogen (secondary N) is 1. The lowest BCUT2D eigenvalue weighted by Gasteiger charge is -2.06. The molecule has 0 spiro atoms. The fourth-order valence-electron chi connectivity index (χ4n) is 0.908. The second-order valence-electron chi connectivity index (χ2n) is 2.98. The van der Waals surface area contributed by atoms with Gasteiger partial charge in [0, 0.05) is 13.6 Å². The van der Waals surface area contributed by atoms with Crippen LogP contribution in [0.25, 0.3) is 0 Å². The fourth-order valence-corrected chi connectivity index (χ4v) is 0.908. The first-order valence-corrected chi connectivity index (χ1v) is 4.52. The number of nitrogens with two attached hydrogens (primary N) is 2. The lowest BCUT2D eigenvalue weighted by molar-refractivity contribution is -0.138. The van der Waals surface area contributed by atoms with Crippen molar-refractivity contribution in [1.29, 1.82) is 0 Å². The van der Waals surface area contributed by atoms with Crippen LogP contribution in [0.3, 0.4) is 0 Å². The lowest BCUT2D eigenvalue weighted by atomic mass is 10.1. The first kappa shape index (κ1) is 12.7. The molecular formula is C8H18N4O2. The molecule has 0 saturated heterocycles. The van der Waals surface area contributed by atoms with Crippen LogP contribution in [0, 0.1) is 0 Å². The second kappa shape index (κ2) is 7.14. The van der Waals surface area contributed by atoms with Crippen LogP contribution in [0.4, 0.5) is 0 Å². The molecule has 0 aliphatic rings. The Morgan fingerprint density at radius 1 is 1.57 bits per heavy atom. The minimum atomic E-state index is -0.951. The molecule has 82 valence electrons. The van der Waals surface area contributed by atoms with Crippen LogP contribution in [-0.4, -0.2) is 36.7 Å².